The third-order valence-electron chi connectivity index (χ3n) is 2.48. The van der Waals surface area contributed by atoms with Crippen molar-refractivity contribution in [1.29, 1.82) is 1.43 Å². The standard InChI is InChI=1S/C13H12O7/c14-9-4-1-8(2-5-9)3-6-10(15)13(20,12(18)19)7-11(16)17/h1-6,14,20H,7H2,(H,16,17)(H,18,19)/b6-3+/i/hD. The maximum Gasteiger partial charge on any atom is 0.344 e. The summed E-state index contributed by atoms with van der Waals surface area (Å²) in [5.74, 6) is -4.51. The largest absolute Gasteiger partial charge is 0.508 e. The summed E-state index contributed by atoms with van der Waals surface area (Å²) in [6.07, 6.45) is 0.823. The highest BCUT2D eigenvalue weighted by molar-refractivity contribution is 6.14. The number of phenols is 1. The van der Waals surface area contributed by atoms with Gasteiger partial charge in [-0.3, -0.25) is 9.59 Å². The van der Waals surface area contributed by atoms with E-state index in [2.05, 4.69) is 5.11 Å². The summed E-state index contributed by atoms with van der Waals surface area (Å²) in [7, 11) is 0. The van der Waals surface area contributed by atoms with Crippen molar-refractivity contribution in [3.05, 3.63) is 35.9 Å². The molecule has 1 aromatic carbocycles. The van der Waals surface area contributed by atoms with Gasteiger partial charge in [0.25, 0.3) is 1.43 Å². The monoisotopic (exact) mass is 281 g/mol. The average Bonchev–Trinajstić information content (AvgIpc) is 2.45. The van der Waals surface area contributed by atoms with Gasteiger partial charge in [-0.05, 0) is 23.8 Å². The zero-order valence-electron chi connectivity index (χ0n) is 11.1. The normalized spacial score (nSPS) is 14.3. The molecule has 4 N–H and O–H groups in total. The van der Waals surface area contributed by atoms with Gasteiger partial charge in [0.15, 0.2) is 5.78 Å². The summed E-state index contributed by atoms with van der Waals surface area (Å²) in [6, 6.07) is 5.62. The van der Waals surface area contributed by atoms with Crippen molar-refractivity contribution in [3.63, 3.8) is 0 Å². The Balaban J connectivity index is 2.94. The lowest BCUT2D eigenvalue weighted by molar-refractivity contribution is -0.169. The fourth-order valence-corrected chi connectivity index (χ4v) is 1.37. The van der Waals surface area contributed by atoms with Gasteiger partial charge in [0.05, 0.1) is 6.42 Å². The van der Waals surface area contributed by atoms with Gasteiger partial charge in [-0.1, -0.05) is 18.2 Å². The lowest BCUT2D eigenvalue weighted by Crippen LogP contribution is -2.47. The first-order valence-corrected chi connectivity index (χ1v) is 5.43. The minimum absolute atomic E-state index is 0.0127. The third kappa shape index (κ3) is 3.66. The number of hydrogen-bond acceptors (Lipinski definition) is 6. The predicted octanol–water partition coefficient (Wildman–Crippen LogP) is 0.265. The highest BCUT2D eigenvalue weighted by Gasteiger charge is 2.44. The second kappa shape index (κ2) is 5.98. The molecule has 0 radical (unpaired) electrons. The van der Waals surface area contributed by atoms with Crippen LogP contribution in [0.1, 0.15) is 12.0 Å². The van der Waals surface area contributed by atoms with Crippen molar-refractivity contribution in [3.8, 4) is 5.75 Å². The first-order chi connectivity index (χ1) is 9.79. The molecule has 1 atom stereocenters. The molecule has 7 heteroatoms. The zero-order chi connectivity index (χ0) is 16.0. The average molecular weight is 281 g/mol. The van der Waals surface area contributed by atoms with Crippen LogP contribution in [0.2, 0.25) is 0 Å². The summed E-state index contributed by atoms with van der Waals surface area (Å²) in [4.78, 5) is 33.6. The Bertz CT molecular complexity index is 579. The highest BCUT2D eigenvalue weighted by atomic mass is 16.4. The fourth-order valence-electron chi connectivity index (χ4n) is 1.37. The quantitative estimate of drug-likeness (QED) is 0.434. The van der Waals surface area contributed by atoms with E-state index >= 15 is 0 Å². The molecule has 0 amide bonds. The summed E-state index contributed by atoms with van der Waals surface area (Å²) >= 11 is 0. The van der Waals surface area contributed by atoms with E-state index in [1.807, 2.05) is 0 Å². The SMILES string of the molecule is [2H]OC(=O)CC(O)(C(=O)O)C(=O)/C=C/c1ccc(O)cc1. The number of phenolic OH excluding ortho intramolecular Hbond substituents is 1. The van der Waals surface area contributed by atoms with Gasteiger partial charge in [0.2, 0.25) is 5.60 Å². The number of rotatable bonds is 6. The van der Waals surface area contributed by atoms with Crippen LogP contribution in [0.5, 0.6) is 5.75 Å². The molecule has 0 saturated carbocycles. The Morgan fingerprint density at radius 3 is 2.35 bits per heavy atom. The molecule has 0 spiro atoms. The molecule has 0 aliphatic carbocycles. The van der Waals surface area contributed by atoms with Crippen LogP contribution in [0.15, 0.2) is 30.3 Å². The molecular weight excluding hydrogens is 268 g/mol. The van der Waals surface area contributed by atoms with Crippen LogP contribution in [-0.4, -0.2) is 43.8 Å². The van der Waals surface area contributed by atoms with Gasteiger partial charge in [0.1, 0.15) is 5.75 Å². The maximum absolute atomic E-state index is 11.8. The molecular formula is C13H12O7. The van der Waals surface area contributed by atoms with Crippen molar-refractivity contribution in [2.45, 2.75) is 12.0 Å². The first-order valence-electron chi connectivity index (χ1n) is 5.83. The Hall–Kier alpha value is -2.67. The molecule has 0 bridgehead atoms. The van der Waals surface area contributed by atoms with E-state index < -0.39 is 29.7 Å². The number of carboxylic acids is 2. The first kappa shape index (κ1) is 13.8. The predicted molar refractivity (Wildman–Crippen MR) is 67.0 cm³/mol. The Morgan fingerprint density at radius 1 is 1.25 bits per heavy atom. The van der Waals surface area contributed by atoms with Crippen molar-refractivity contribution >= 4 is 23.8 Å². The minimum Gasteiger partial charge on any atom is -0.508 e. The summed E-state index contributed by atoms with van der Waals surface area (Å²) in [5.41, 5.74) is -2.53. The van der Waals surface area contributed by atoms with E-state index in [-0.39, 0.29) is 5.75 Å². The second-order valence-electron chi connectivity index (χ2n) is 4.00. The molecule has 0 aliphatic rings. The smallest absolute Gasteiger partial charge is 0.344 e. The molecule has 0 aromatic heterocycles. The molecule has 0 saturated heterocycles. The van der Waals surface area contributed by atoms with E-state index in [9.17, 15) is 19.5 Å². The number of benzene rings is 1. The van der Waals surface area contributed by atoms with E-state index in [1.54, 1.807) is 0 Å². The topological polar surface area (TPSA) is 132 Å². The van der Waals surface area contributed by atoms with Crippen LogP contribution in [0.25, 0.3) is 7.51 Å². The Labute approximate surface area is 114 Å². The molecule has 1 aromatic rings. The van der Waals surface area contributed by atoms with Gasteiger partial charge in [-0.25, -0.2) is 4.79 Å². The summed E-state index contributed by atoms with van der Waals surface area (Å²) < 4.78 is 6.32. The van der Waals surface area contributed by atoms with Crippen molar-refractivity contribution in [1.82, 2.24) is 0 Å². The molecule has 7 nitrogen and oxygen atoms in total. The van der Waals surface area contributed by atoms with Gasteiger partial charge in [-0.2, -0.15) is 0 Å². The van der Waals surface area contributed by atoms with Crippen molar-refractivity contribution in [2.24, 2.45) is 0 Å². The summed E-state index contributed by atoms with van der Waals surface area (Å²) in [5, 5.41) is 31.2. The number of carbonyl (C=O) groups excluding carboxylic acids is 1. The second-order valence-corrected chi connectivity index (χ2v) is 4.00. The van der Waals surface area contributed by atoms with E-state index in [0.29, 0.717) is 5.56 Å². The maximum atomic E-state index is 11.8. The number of aliphatic carboxylic acids is 2. The number of carbonyl (C=O) groups is 3. The van der Waals surface area contributed by atoms with Crippen LogP contribution in [0, 0.1) is 0 Å². The number of hydrogen-bond donors (Lipinski definition) is 4. The van der Waals surface area contributed by atoms with Crippen LogP contribution >= 0.6 is 0 Å². The minimum atomic E-state index is -2.99. The molecule has 20 heavy (non-hydrogen) atoms. The molecule has 106 valence electrons. The zero-order valence-corrected chi connectivity index (χ0v) is 10.1. The number of aliphatic hydroxyl groups is 1. The lowest BCUT2D eigenvalue weighted by atomic mass is 9.93. The molecule has 1 unspecified atom stereocenters. The Morgan fingerprint density at radius 2 is 1.85 bits per heavy atom. The molecule has 0 aliphatic heterocycles. The van der Waals surface area contributed by atoms with Crippen LogP contribution < -0.4 is 0 Å². The summed E-state index contributed by atoms with van der Waals surface area (Å²) in [6.45, 7) is 0. The fraction of sp³-hybridized carbons (Fsp3) is 0.154. The van der Waals surface area contributed by atoms with Gasteiger partial charge >= 0.3 is 11.9 Å². The van der Waals surface area contributed by atoms with E-state index in [0.717, 1.165) is 6.08 Å². The van der Waals surface area contributed by atoms with E-state index in [4.69, 9.17) is 11.6 Å². The molecule has 0 heterocycles. The van der Waals surface area contributed by atoms with E-state index in [1.165, 1.54) is 30.3 Å². The van der Waals surface area contributed by atoms with Crippen LogP contribution in [0.4, 0.5) is 0 Å². The molecule has 0 fully saturated rings. The number of carboxylic acid groups (broad SMARTS) is 2. The number of aromatic hydroxyl groups is 1. The lowest BCUT2D eigenvalue weighted by Gasteiger charge is -2.17. The highest BCUT2D eigenvalue weighted by Crippen LogP contribution is 2.16. The van der Waals surface area contributed by atoms with Crippen molar-refractivity contribution in [2.75, 3.05) is 0 Å². The third-order valence-corrected chi connectivity index (χ3v) is 2.48. The van der Waals surface area contributed by atoms with Crippen molar-refractivity contribution < 1.29 is 34.8 Å². The van der Waals surface area contributed by atoms with Gasteiger partial charge < -0.3 is 20.4 Å². The van der Waals surface area contributed by atoms with Crippen LogP contribution in [0.3, 0.4) is 0 Å². The van der Waals surface area contributed by atoms with Crippen LogP contribution in [-0.2, 0) is 14.4 Å². The van der Waals surface area contributed by atoms with Gasteiger partial charge in [-0.15, -0.1) is 0 Å². The van der Waals surface area contributed by atoms with Gasteiger partial charge in [0, 0.05) is 0 Å². The number of ketones is 1. The Kier molecular flexibility index (Phi) is 4.11. The molecule has 1 rings (SSSR count).